The Kier molecular flexibility index (Phi) is 3.98. The molecule has 104 valence electrons. The van der Waals surface area contributed by atoms with Gasteiger partial charge in [0.1, 0.15) is 5.75 Å². The SMILES string of the molecule is CCN(CC)C(=O)NC1(c2ccc(OC)cc2)CC1. The molecule has 0 aromatic heterocycles. The van der Waals surface area contributed by atoms with Crippen LogP contribution in [0.15, 0.2) is 24.3 Å². The van der Waals surface area contributed by atoms with Crippen molar-refractivity contribution in [3.8, 4) is 5.75 Å². The Morgan fingerprint density at radius 2 is 1.84 bits per heavy atom. The quantitative estimate of drug-likeness (QED) is 0.886. The lowest BCUT2D eigenvalue weighted by molar-refractivity contribution is 0.197. The molecule has 2 rings (SSSR count). The number of ether oxygens (including phenoxy) is 1. The van der Waals surface area contributed by atoms with Crippen LogP contribution in [0.3, 0.4) is 0 Å². The third-order valence-electron chi connectivity index (χ3n) is 3.79. The topological polar surface area (TPSA) is 41.6 Å². The van der Waals surface area contributed by atoms with Crippen LogP contribution >= 0.6 is 0 Å². The van der Waals surface area contributed by atoms with Crippen molar-refractivity contribution in [1.82, 2.24) is 10.2 Å². The number of benzene rings is 1. The molecular formula is C15H22N2O2. The molecule has 1 aromatic carbocycles. The van der Waals surface area contributed by atoms with Gasteiger partial charge in [0.15, 0.2) is 0 Å². The second kappa shape index (κ2) is 5.51. The number of rotatable bonds is 5. The maximum absolute atomic E-state index is 12.1. The summed E-state index contributed by atoms with van der Waals surface area (Å²) in [6.07, 6.45) is 2.01. The van der Waals surface area contributed by atoms with E-state index in [0.717, 1.165) is 37.2 Å². The van der Waals surface area contributed by atoms with Gasteiger partial charge >= 0.3 is 6.03 Å². The summed E-state index contributed by atoms with van der Waals surface area (Å²) in [5.74, 6) is 0.842. The van der Waals surface area contributed by atoms with Crippen molar-refractivity contribution < 1.29 is 9.53 Å². The number of urea groups is 1. The number of nitrogens with one attached hydrogen (secondary N) is 1. The van der Waals surface area contributed by atoms with Gasteiger partial charge in [0.05, 0.1) is 12.6 Å². The number of carbonyl (C=O) groups is 1. The molecule has 0 saturated heterocycles. The zero-order valence-electron chi connectivity index (χ0n) is 11.9. The molecule has 19 heavy (non-hydrogen) atoms. The summed E-state index contributed by atoms with van der Waals surface area (Å²) in [7, 11) is 1.66. The second-order valence-corrected chi connectivity index (χ2v) is 4.91. The number of hydrogen-bond acceptors (Lipinski definition) is 2. The van der Waals surface area contributed by atoms with Crippen LogP contribution in [-0.2, 0) is 5.54 Å². The van der Waals surface area contributed by atoms with Crippen molar-refractivity contribution in [3.63, 3.8) is 0 Å². The summed E-state index contributed by atoms with van der Waals surface area (Å²) in [6, 6.07) is 7.99. The average molecular weight is 262 g/mol. The van der Waals surface area contributed by atoms with Gasteiger partial charge in [-0.2, -0.15) is 0 Å². The summed E-state index contributed by atoms with van der Waals surface area (Å²) < 4.78 is 5.16. The van der Waals surface area contributed by atoms with Gasteiger partial charge in [-0.15, -0.1) is 0 Å². The van der Waals surface area contributed by atoms with Crippen LogP contribution in [0.25, 0.3) is 0 Å². The maximum Gasteiger partial charge on any atom is 0.318 e. The molecule has 0 bridgehead atoms. The van der Waals surface area contributed by atoms with E-state index >= 15 is 0 Å². The number of hydrogen-bond donors (Lipinski definition) is 1. The lowest BCUT2D eigenvalue weighted by atomic mass is 10.1. The summed E-state index contributed by atoms with van der Waals surface area (Å²) >= 11 is 0. The van der Waals surface area contributed by atoms with Gasteiger partial charge in [0.2, 0.25) is 0 Å². The fourth-order valence-corrected chi connectivity index (χ4v) is 2.32. The number of carbonyl (C=O) groups excluding carboxylic acids is 1. The molecule has 0 aliphatic heterocycles. The molecule has 1 fully saturated rings. The molecular weight excluding hydrogens is 240 g/mol. The molecule has 1 aliphatic rings. The Morgan fingerprint density at radius 1 is 1.26 bits per heavy atom. The first-order chi connectivity index (χ1) is 9.15. The minimum Gasteiger partial charge on any atom is -0.497 e. The highest BCUT2D eigenvalue weighted by molar-refractivity contribution is 5.76. The number of nitrogens with zero attached hydrogens (tertiary/aromatic N) is 1. The first-order valence-electron chi connectivity index (χ1n) is 6.87. The van der Waals surface area contributed by atoms with Gasteiger partial charge in [-0.1, -0.05) is 12.1 Å². The molecule has 0 radical (unpaired) electrons. The molecule has 0 heterocycles. The highest BCUT2D eigenvalue weighted by Gasteiger charge is 2.46. The van der Waals surface area contributed by atoms with Crippen LogP contribution in [-0.4, -0.2) is 31.1 Å². The lowest BCUT2D eigenvalue weighted by Gasteiger charge is -2.24. The zero-order valence-corrected chi connectivity index (χ0v) is 11.9. The van der Waals surface area contributed by atoms with E-state index in [0.29, 0.717) is 0 Å². The first kappa shape index (κ1) is 13.7. The van der Waals surface area contributed by atoms with Crippen LogP contribution in [0.2, 0.25) is 0 Å². The lowest BCUT2D eigenvalue weighted by Crippen LogP contribution is -2.44. The molecule has 0 unspecified atom stereocenters. The minimum atomic E-state index is -0.161. The summed E-state index contributed by atoms with van der Waals surface area (Å²) in [6.45, 7) is 5.47. The van der Waals surface area contributed by atoms with Crippen LogP contribution in [0.4, 0.5) is 4.79 Å². The predicted molar refractivity (Wildman–Crippen MR) is 75.4 cm³/mol. The van der Waals surface area contributed by atoms with Crippen molar-refractivity contribution >= 4 is 6.03 Å². The van der Waals surface area contributed by atoms with Crippen molar-refractivity contribution in [2.75, 3.05) is 20.2 Å². The molecule has 1 aromatic rings. The maximum atomic E-state index is 12.1. The van der Waals surface area contributed by atoms with Gasteiger partial charge in [0.25, 0.3) is 0 Å². The Hall–Kier alpha value is -1.71. The number of amides is 2. The van der Waals surface area contributed by atoms with Crippen molar-refractivity contribution in [2.24, 2.45) is 0 Å². The van der Waals surface area contributed by atoms with Crippen LogP contribution in [0.1, 0.15) is 32.3 Å². The molecule has 1 saturated carbocycles. The Morgan fingerprint density at radius 3 is 2.26 bits per heavy atom. The van der Waals surface area contributed by atoms with E-state index < -0.39 is 0 Å². The second-order valence-electron chi connectivity index (χ2n) is 4.91. The van der Waals surface area contributed by atoms with E-state index in [1.807, 2.05) is 43.0 Å². The van der Waals surface area contributed by atoms with Crippen LogP contribution in [0.5, 0.6) is 5.75 Å². The Bertz CT molecular complexity index is 434. The summed E-state index contributed by atoms with van der Waals surface area (Å²) in [4.78, 5) is 14.0. The standard InChI is InChI=1S/C15H22N2O2/c1-4-17(5-2)14(18)16-15(10-11-15)12-6-8-13(19-3)9-7-12/h6-9H,4-5,10-11H2,1-3H3,(H,16,18). The molecule has 4 nitrogen and oxygen atoms in total. The van der Waals surface area contributed by atoms with E-state index in [-0.39, 0.29) is 11.6 Å². The summed E-state index contributed by atoms with van der Waals surface area (Å²) in [5.41, 5.74) is 1.00. The zero-order chi connectivity index (χ0) is 13.9. The third kappa shape index (κ3) is 2.83. The van der Waals surface area contributed by atoms with Crippen molar-refractivity contribution in [2.45, 2.75) is 32.2 Å². The van der Waals surface area contributed by atoms with Gasteiger partial charge < -0.3 is 15.0 Å². The Balaban J connectivity index is 2.08. The van der Waals surface area contributed by atoms with Crippen molar-refractivity contribution in [1.29, 1.82) is 0 Å². The Labute approximate surface area is 114 Å². The highest BCUT2D eigenvalue weighted by Crippen LogP contribution is 2.45. The summed E-state index contributed by atoms with van der Waals surface area (Å²) in [5, 5.41) is 3.17. The predicted octanol–water partition coefficient (Wildman–Crippen LogP) is 2.74. The fraction of sp³-hybridized carbons (Fsp3) is 0.533. The third-order valence-corrected chi connectivity index (χ3v) is 3.79. The van der Waals surface area contributed by atoms with Crippen LogP contribution in [0, 0.1) is 0 Å². The minimum absolute atomic E-state index is 0.0262. The first-order valence-corrected chi connectivity index (χ1v) is 6.87. The normalized spacial score (nSPS) is 15.7. The van der Waals surface area contributed by atoms with E-state index in [2.05, 4.69) is 5.32 Å². The molecule has 4 heteroatoms. The van der Waals surface area contributed by atoms with Gasteiger partial charge in [-0.25, -0.2) is 4.79 Å². The highest BCUT2D eigenvalue weighted by atomic mass is 16.5. The van der Waals surface area contributed by atoms with Gasteiger partial charge in [-0.3, -0.25) is 0 Å². The molecule has 1 aliphatic carbocycles. The number of methoxy groups -OCH3 is 1. The van der Waals surface area contributed by atoms with E-state index in [4.69, 9.17) is 4.74 Å². The van der Waals surface area contributed by atoms with E-state index in [9.17, 15) is 4.79 Å². The fourth-order valence-electron chi connectivity index (χ4n) is 2.32. The molecule has 2 amide bonds. The largest absolute Gasteiger partial charge is 0.497 e. The van der Waals surface area contributed by atoms with E-state index in [1.165, 1.54) is 0 Å². The van der Waals surface area contributed by atoms with Gasteiger partial charge in [0, 0.05) is 13.1 Å². The average Bonchev–Trinajstić information content (AvgIpc) is 3.21. The van der Waals surface area contributed by atoms with Gasteiger partial charge in [-0.05, 0) is 44.4 Å². The van der Waals surface area contributed by atoms with Crippen molar-refractivity contribution in [3.05, 3.63) is 29.8 Å². The molecule has 0 spiro atoms. The monoisotopic (exact) mass is 262 g/mol. The molecule has 0 atom stereocenters. The molecule has 1 N–H and O–H groups in total. The van der Waals surface area contributed by atoms with E-state index in [1.54, 1.807) is 7.11 Å². The smallest absolute Gasteiger partial charge is 0.318 e. The van der Waals surface area contributed by atoms with Crippen LogP contribution < -0.4 is 10.1 Å².